The molecule has 0 atom stereocenters. The average molecular weight is 585 g/mol. The zero-order valence-electron chi connectivity index (χ0n) is 23.2. The summed E-state index contributed by atoms with van der Waals surface area (Å²) in [6, 6.07) is 11.0. The highest BCUT2D eigenvalue weighted by atomic mass is 32.2. The number of nitrogens with zero attached hydrogens (tertiary/aromatic N) is 4. The predicted molar refractivity (Wildman–Crippen MR) is 155 cm³/mol. The minimum Gasteiger partial charge on any atom is -0.493 e. The maximum Gasteiger partial charge on any atom is 0.321 e. The van der Waals surface area contributed by atoms with E-state index in [1.165, 1.54) is 44.6 Å². The number of ether oxygens (including phenoxy) is 4. The van der Waals surface area contributed by atoms with Crippen molar-refractivity contribution in [2.75, 3.05) is 50.4 Å². The van der Waals surface area contributed by atoms with Gasteiger partial charge in [-0.05, 0) is 54.4 Å². The lowest BCUT2D eigenvalue weighted by Crippen LogP contribution is -2.14. The molecule has 41 heavy (non-hydrogen) atoms. The molecule has 14 nitrogen and oxygen atoms in total. The Morgan fingerprint density at radius 1 is 0.805 bits per heavy atom. The molecule has 0 aliphatic rings. The first-order valence-electron chi connectivity index (χ1n) is 11.9. The van der Waals surface area contributed by atoms with Crippen molar-refractivity contribution in [3.8, 4) is 23.4 Å². The number of hydrogen-bond donors (Lipinski definition) is 4. The minimum absolute atomic E-state index is 0.00986. The quantitative estimate of drug-likeness (QED) is 0.208. The Morgan fingerprint density at radius 2 is 1.46 bits per heavy atom. The monoisotopic (exact) mass is 584 g/mol. The Balaban J connectivity index is 0.000000226. The van der Waals surface area contributed by atoms with E-state index in [0.717, 1.165) is 16.7 Å². The summed E-state index contributed by atoms with van der Waals surface area (Å²) >= 11 is 0. The van der Waals surface area contributed by atoms with Crippen molar-refractivity contribution in [3.63, 3.8) is 0 Å². The number of nitrogens with two attached hydrogens (primary N) is 3. The number of methoxy groups -OCH3 is 4. The van der Waals surface area contributed by atoms with Gasteiger partial charge in [0.05, 0.1) is 33.3 Å². The van der Waals surface area contributed by atoms with Crippen molar-refractivity contribution in [2.24, 2.45) is 0 Å². The van der Waals surface area contributed by atoms with Crippen molar-refractivity contribution in [3.05, 3.63) is 65.4 Å². The third-order valence-electron chi connectivity index (χ3n) is 5.64. The van der Waals surface area contributed by atoms with Crippen LogP contribution >= 0.6 is 0 Å². The molecule has 0 saturated heterocycles. The normalized spacial score (nSPS) is 10.7. The first kappa shape index (κ1) is 30.5. The summed E-state index contributed by atoms with van der Waals surface area (Å²) in [5.74, 6) is 2.17. The highest BCUT2D eigenvalue weighted by Crippen LogP contribution is 2.31. The van der Waals surface area contributed by atoms with E-state index in [0.29, 0.717) is 29.4 Å². The summed E-state index contributed by atoms with van der Waals surface area (Å²) < 4.78 is 47.2. The van der Waals surface area contributed by atoms with Crippen LogP contribution in [0, 0.1) is 6.92 Å². The van der Waals surface area contributed by atoms with Crippen LogP contribution in [0.2, 0.25) is 0 Å². The molecule has 4 aromatic rings. The minimum atomic E-state index is -3.79. The number of nitrogen functional groups attached to an aromatic ring is 3. The number of aromatic nitrogens is 4. The molecule has 0 aliphatic heterocycles. The molecule has 2 aromatic carbocycles. The molecule has 4 rings (SSSR count). The Kier molecular flexibility index (Phi) is 9.92. The lowest BCUT2D eigenvalue weighted by atomic mass is 10.0. The summed E-state index contributed by atoms with van der Waals surface area (Å²) in [7, 11) is 2.21. The Labute approximate surface area is 237 Å². The van der Waals surface area contributed by atoms with Gasteiger partial charge in [0.15, 0.2) is 17.3 Å². The second-order valence-corrected chi connectivity index (χ2v) is 10.1. The van der Waals surface area contributed by atoms with E-state index in [-0.39, 0.29) is 28.6 Å². The summed E-state index contributed by atoms with van der Waals surface area (Å²) in [5.41, 5.74) is 20.3. The molecule has 0 unspecified atom stereocenters. The van der Waals surface area contributed by atoms with Crippen molar-refractivity contribution in [1.82, 2.24) is 19.9 Å². The van der Waals surface area contributed by atoms with E-state index < -0.39 is 10.0 Å². The van der Waals surface area contributed by atoms with Crippen LogP contribution < -0.4 is 40.9 Å². The topological polar surface area (TPSA) is 213 Å². The summed E-state index contributed by atoms with van der Waals surface area (Å²) in [4.78, 5) is 15.8. The van der Waals surface area contributed by atoms with Crippen molar-refractivity contribution >= 4 is 33.3 Å². The summed E-state index contributed by atoms with van der Waals surface area (Å²) in [6.07, 6.45) is 2.26. The standard InChI is InChI=1S/C14H18N4O2.C12H14N4O4S/c1-8-4-11(19-2)12(20-3)6-9(8)5-10-7-17-14(16)18-13(10)15;1-19-11-7-10(14-12(15-11)20-2)16-21(17,18)9-5-3-8(13)4-6-9/h4,6-7H,5H2,1-3H3,(H4,15,16,17,18);3-7H,13H2,1-2H3,(H,14,15,16). The fraction of sp³-hybridized carbons (Fsp3) is 0.231. The molecule has 218 valence electrons. The van der Waals surface area contributed by atoms with Crippen molar-refractivity contribution in [1.29, 1.82) is 0 Å². The molecule has 0 radical (unpaired) electrons. The molecule has 7 N–H and O–H groups in total. The van der Waals surface area contributed by atoms with Crippen molar-refractivity contribution in [2.45, 2.75) is 18.2 Å². The van der Waals surface area contributed by atoms with Crippen LogP contribution in [0.15, 0.2) is 53.6 Å². The van der Waals surface area contributed by atoms with Crippen LogP contribution in [0.25, 0.3) is 0 Å². The Hall–Kier alpha value is -5.05. The van der Waals surface area contributed by atoms with Gasteiger partial charge in [-0.15, -0.1) is 0 Å². The molecule has 0 spiro atoms. The third kappa shape index (κ3) is 7.98. The van der Waals surface area contributed by atoms with Gasteiger partial charge in [-0.25, -0.2) is 13.4 Å². The van der Waals surface area contributed by atoms with E-state index >= 15 is 0 Å². The van der Waals surface area contributed by atoms with Crippen LogP contribution in [0.4, 0.5) is 23.3 Å². The van der Waals surface area contributed by atoms with E-state index in [1.807, 2.05) is 19.1 Å². The number of hydrogen-bond acceptors (Lipinski definition) is 13. The first-order chi connectivity index (χ1) is 19.5. The number of benzene rings is 2. The van der Waals surface area contributed by atoms with Gasteiger partial charge in [0, 0.05) is 29.9 Å². The molecule has 0 bridgehead atoms. The van der Waals surface area contributed by atoms with Crippen LogP contribution in [-0.2, 0) is 16.4 Å². The lowest BCUT2D eigenvalue weighted by molar-refractivity contribution is 0.353. The molecule has 0 amide bonds. The maximum absolute atomic E-state index is 12.2. The Bertz CT molecular complexity index is 1580. The van der Waals surface area contributed by atoms with Gasteiger partial charge in [0.2, 0.25) is 11.8 Å². The van der Waals surface area contributed by atoms with Crippen LogP contribution in [0.5, 0.6) is 23.4 Å². The number of anilines is 4. The van der Waals surface area contributed by atoms with Gasteiger partial charge >= 0.3 is 6.01 Å². The molecule has 0 aliphatic carbocycles. The number of nitrogens with one attached hydrogen (secondary N) is 1. The number of rotatable bonds is 9. The fourth-order valence-corrected chi connectivity index (χ4v) is 4.48. The van der Waals surface area contributed by atoms with E-state index in [9.17, 15) is 8.42 Å². The average Bonchev–Trinajstić information content (AvgIpc) is 2.95. The second-order valence-electron chi connectivity index (χ2n) is 8.41. The van der Waals surface area contributed by atoms with Gasteiger partial charge in [-0.2, -0.15) is 15.0 Å². The highest BCUT2D eigenvalue weighted by Gasteiger charge is 2.17. The third-order valence-corrected chi connectivity index (χ3v) is 7.01. The van der Waals surface area contributed by atoms with Crippen LogP contribution in [-0.4, -0.2) is 56.8 Å². The smallest absolute Gasteiger partial charge is 0.321 e. The predicted octanol–water partition coefficient (Wildman–Crippen LogP) is 2.43. The van der Waals surface area contributed by atoms with Gasteiger partial charge in [-0.1, -0.05) is 0 Å². The lowest BCUT2D eigenvalue weighted by Gasteiger charge is -2.13. The molecule has 0 saturated carbocycles. The molecular weight excluding hydrogens is 552 g/mol. The SMILES string of the molecule is COc1cc(C)c(Cc2cnc(N)nc2N)cc1OC.COc1cc(NS(=O)(=O)c2ccc(N)cc2)nc(OC)n1. The Morgan fingerprint density at radius 3 is 2.05 bits per heavy atom. The van der Waals surface area contributed by atoms with E-state index in [1.54, 1.807) is 20.4 Å². The zero-order valence-corrected chi connectivity index (χ0v) is 24.0. The summed E-state index contributed by atoms with van der Waals surface area (Å²) in [6.45, 7) is 2.01. The molecule has 2 aromatic heterocycles. The number of sulfonamides is 1. The van der Waals surface area contributed by atoms with E-state index in [2.05, 4.69) is 24.7 Å². The summed E-state index contributed by atoms with van der Waals surface area (Å²) in [5, 5.41) is 0. The molecule has 2 heterocycles. The zero-order chi connectivity index (χ0) is 30.2. The molecular formula is C26H32N8O6S. The second kappa shape index (κ2) is 13.3. The highest BCUT2D eigenvalue weighted by molar-refractivity contribution is 7.92. The molecule has 0 fully saturated rings. The number of aryl methyl sites for hydroxylation is 1. The van der Waals surface area contributed by atoms with Gasteiger partial charge < -0.3 is 36.1 Å². The van der Waals surface area contributed by atoms with E-state index in [4.69, 9.17) is 36.1 Å². The molecule has 15 heteroatoms. The maximum atomic E-state index is 12.2. The van der Waals surface area contributed by atoms with Gasteiger partial charge in [-0.3, -0.25) is 4.72 Å². The fourth-order valence-electron chi connectivity index (χ4n) is 3.48. The largest absolute Gasteiger partial charge is 0.493 e. The van der Waals surface area contributed by atoms with Crippen molar-refractivity contribution < 1.29 is 27.4 Å². The van der Waals surface area contributed by atoms with Crippen LogP contribution in [0.1, 0.15) is 16.7 Å². The van der Waals surface area contributed by atoms with Gasteiger partial charge in [0.1, 0.15) is 5.82 Å². The van der Waals surface area contributed by atoms with Crippen LogP contribution in [0.3, 0.4) is 0 Å². The van der Waals surface area contributed by atoms with Gasteiger partial charge in [0.25, 0.3) is 10.0 Å². The first-order valence-corrected chi connectivity index (χ1v) is 13.4.